The summed E-state index contributed by atoms with van der Waals surface area (Å²) in [6, 6.07) is 70.2. The van der Waals surface area contributed by atoms with Gasteiger partial charge in [-0.05, 0) is 79.9 Å². The molecule has 2 atom stereocenters. The van der Waals surface area contributed by atoms with E-state index in [2.05, 4.69) is 194 Å². The SMILES string of the molecule is c1ccc(-c2cc(C3(c4cc(-c5ccccc5)c(OCC5CO5)c(-c5ccccc5)c4)c4ccccc4-c4ccccc43)cc(-c3ccccc3)c2OCC2CO2)cc1. The number of epoxide rings is 2. The number of ether oxygens (including phenoxy) is 4. The lowest BCUT2D eigenvalue weighted by Gasteiger charge is -2.36. The Hall–Kier alpha value is -6.72. The lowest BCUT2D eigenvalue weighted by Crippen LogP contribution is -2.29. The molecule has 0 N–H and O–H groups in total. The normalized spacial score (nSPS) is 16.8. The van der Waals surface area contributed by atoms with Gasteiger partial charge < -0.3 is 18.9 Å². The van der Waals surface area contributed by atoms with Crippen LogP contribution in [-0.4, -0.2) is 38.6 Å². The lowest BCUT2D eigenvalue weighted by molar-refractivity contribution is 0.264. The van der Waals surface area contributed by atoms with Gasteiger partial charge in [0.2, 0.25) is 0 Å². The highest BCUT2D eigenvalue weighted by molar-refractivity contribution is 5.92. The van der Waals surface area contributed by atoms with Gasteiger partial charge in [0.15, 0.2) is 0 Å². The summed E-state index contributed by atoms with van der Waals surface area (Å²) in [5.41, 5.74) is 15.0. The van der Waals surface area contributed by atoms with Gasteiger partial charge in [-0.2, -0.15) is 0 Å². The summed E-state index contributed by atoms with van der Waals surface area (Å²) in [6.07, 6.45) is 0.198. The molecule has 1 aliphatic carbocycles. The summed E-state index contributed by atoms with van der Waals surface area (Å²) in [6.45, 7) is 2.42. The third-order valence-electron chi connectivity index (χ3n) is 12.0. The Kier molecular flexibility index (Phi) is 8.95. The average molecular weight is 767 g/mol. The van der Waals surface area contributed by atoms with Crippen molar-refractivity contribution in [3.05, 3.63) is 216 Å². The Morgan fingerprint density at radius 2 is 0.661 bits per heavy atom. The number of rotatable bonds is 12. The van der Waals surface area contributed by atoms with Crippen molar-refractivity contribution >= 4 is 0 Å². The van der Waals surface area contributed by atoms with Crippen LogP contribution in [0, 0.1) is 0 Å². The molecule has 0 bridgehead atoms. The van der Waals surface area contributed by atoms with Crippen molar-refractivity contribution in [3.63, 3.8) is 0 Å². The van der Waals surface area contributed by atoms with Crippen molar-refractivity contribution in [2.45, 2.75) is 17.6 Å². The largest absolute Gasteiger partial charge is 0.489 e. The Balaban J connectivity index is 1.28. The molecule has 2 fully saturated rings. The maximum absolute atomic E-state index is 6.87. The Morgan fingerprint density at radius 1 is 0.373 bits per heavy atom. The third kappa shape index (κ3) is 6.42. The van der Waals surface area contributed by atoms with Crippen molar-refractivity contribution in [2.24, 2.45) is 0 Å². The molecule has 3 aliphatic rings. The second-order valence-electron chi connectivity index (χ2n) is 15.6. The van der Waals surface area contributed by atoms with Crippen LogP contribution in [0.15, 0.2) is 194 Å². The summed E-state index contributed by atoms with van der Waals surface area (Å²) in [5.74, 6) is 1.72. The van der Waals surface area contributed by atoms with E-state index in [4.69, 9.17) is 18.9 Å². The van der Waals surface area contributed by atoms with E-state index in [1.165, 1.54) is 22.3 Å². The maximum Gasteiger partial charge on any atom is 0.135 e. The van der Waals surface area contributed by atoms with Gasteiger partial charge >= 0.3 is 0 Å². The van der Waals surface area contributed by atoms with E-state index in [1.54, 1.807) is 0 Å². The summed E-state index contributed by atoms with van der Waals surface area (Å²) in [5, 5.41) is 0. The monoisotopic (exact) mass is 766 g/mol. The summed E-state index contributed by atoms with van der Waals surface area (Å²) in [4.78, 5) is 0. The molecule has 0 spiro atoms. The molecule has 0 radical (unpaired) electrons. The fourth-order valence-electron chi connectivity index (χ4n) is 9.04. The summed E-state index contributed by atoms with van der Waals surface area (Å²) in [7, 11) is 0. The highest BCUT2D eigenvalue weighted by Crippen LogP contribution is 2.59. The first kappa shape index (κ1) is 35.4. The van der Waals surface area contributed by atoms with Crippen LogP contribution in [0.25, 0.3) is 55.6 Å². The first-order chi connectivity index (χ1) is 29.3. The van der Waals surface area contributed by atoms with Gasteiger partial charge in [0.1, 0.15) is 36.9 Å². The van der Waals surface area contributed by atoms with Gasteiger partial charge in [-0.15, -0.1) is 0 Å². The molecule has 2 aliphatic heterocycles. The summed E-state index contributed by atoms with van der Waals surface area (Å²) >= 11 is 0. The molecule has 0 amide bonds. The van der Waals surface area contributed by atoms with Gasteiger partial charge in [-0.25, -0.2) is 0 Å². The second kappa shape index (κ2) is 14.9. The van der Waals surface area contributed by atoms with Crippen LogP contribution in [-0.2, 0) is 14.9 Å². The highest BCUT2D eigenvalue weighted by atomic mass is 16.6. The number of fused-ring (bicyclic) bond motifs is 3. The van der Waals surface area contributed by atoms with Crippen LogP contribution in [0.3, 0.4) is 0 Å². The Morgan fingerprint density at radius 3 is 0.966 bits per heavy atom. The molecule has 2 heterocycles. The minimum absolute atomic E-state index is 0.0990. The second-order valence-corrected chi connectivity index (χ2v) is 15.6. The first-order valence-corrected chi connectivity index (χ1v) is 20.5. The van der Waals surface area contributed by atoms with Crippen LogP contribution >= 0.6 is 0 Å². The highest BCUT2D eigenvalue weighted by Gasteiger charge is 2.47. The van der Waals surface area contributed by atoms with E-state index in [9.17, 15) is 0 Å². The molecule has 4 heteroatoms. The average Bonchev–Trinajstić information content (AvgIpc) is 4.27. The van der Waals surface area contributed by atoms with Crippen LogP contribution in [0.4, 0.5) is 0 Å². The fraction of sp³-hybridized carbons (Fsp3) is 0.127. The zero-order valence-corrected chi connectivity index (χ0v) is 32.6. The van der Waals surface area contributed by atoms with Crippen molar-refractivity contribution in [3.8, 4) is 67.1 Å². The van der Waals surface area contributed by atoms with Crippen molar-refractivity contribution < 1.29 is 18.9 Å². The van der Waals surface area contributed by atoms with Crippen molar-refractivity contribution in [2.75, 3.05) is 26.4 Å². The van der Waals surface area contributed by atoms with Crippen LogP contribution in [0.2, 0.25) is 0 Å². The molecule has 11 rings (SSSR count). The van der Waals surface area contributed by atoms with E-state index in [1.807, 2.05) is 0 Å². The molecule has 0 saturated carbocycles. The molecule has 0 aromatic heterocycles. The zero-order chi connectivity index (χ0) is 39.2. The third-order valence-corrected chi connectivity index (χ3v) is 12.0. The van der Waals surface area contributed by atoms with E-state index in [0.29, 0.717) is 13.2 Å². The van der Waals surface area contributed by atoms with Crippen LogP contribution in [0.1, 0.15) is 22.3 Å². The molecule has 59 heavy (non-hydrogen) atoms. The number of hydrogen-bond acceptors (Lipinski definition) is 4. The fourth-order valence-corrected chi connectivity index (χ4v) is 9.04. The zero-order valence-electron chi connectivity index (χ0n) is 32.6. The minimum Gasteiger partial charge on any atom is -0.489 e. The topological polar surface area (TPSA) is 43.5 Å². The standard InChI is InChI=1S/C55H42O4/c1-5-17-37(18-6-1)47-29-41(30-48(38-19-7-2-8-20-38)53(47)58-35-43-33-56-43)55(51-27-15-13-25-45(51)46-26-14-16-28-52(46)55)42-31-49(39-21-9-3-10-22-39)54(59-36-44-34-57-44)50(32-42)40-23-11-4-12-24-40/h1-32,43-44H,33-36H2. The Bertz CT molecular complexity index is 2460. The quantitative estimate of drug-likeness (QED) is 0.116. The molecular formula is C55H42O4. The van der Waals surface area contributed by atoms with Crippen LogP contribution < -0.4 is 9.47 Å². The van der Waals surface area contributed by atoms with E-state index in [-0.39, 0.29) is 12.2 Å². The van der Waals surface area contributed by atoms with Gasteiger partial charge in [0.25, 0.3) is 0 Å². The van der Waals surface area contributed by atoms with Gasteiger partial charge in [-0.1, -0.05) is 170 Å². The molecule has 4 nitrogen and oxygen atoms in total. The molecule has 2 unspecified atom stereocenters. The predicted octanol–water partition coefficient (Wildman–Crippen LogP) is 12.3. The first-order valence-electron chi connectivity index (χ1n) is 20.5. The minimum atomic E-state index is -0.746. The van der Waals surface area contributed by atoms with E-state index >= 15 is 0 Å². The predicted molar refractivity (Wildman–Crippen MR) is 236 cm³/mol. The number of hydrogen-bond donors (Lipinski definition) is 0. The Labute approximate surface area is 345 Å². The van der Waals surface area contributed by atoms with Crippen LogP contribution in [0.5, 0.6) is 11.5 Å². The summed E-state index contributed by atoms with van der Waals surface area (Å²) < 4.78 is 25.1. The molecule has 8 aromatic rings. The maximum atomic E-state index is 6.87. The van der Waals surface area contributed by atoms with E-state index < -0.39 is 5.41 Å². The molecule has 286 valence electrons. The molecular weight excluding hydrogens is 725 g/mol. The van der Waals surface area contributed by atoms with Gasteiger partial charge in [-0.3, -0.25) is 0 Å². The van der Waals surface area contributed by atoms with Crippen molar-refractivity contribution in [1.29, 1.82) is 0 Å². The number of benzene rings is 8. The van der Waals surface area contributed by atoms with Gasteiger partial charge in [0.05, 0.1) is 18.6 Å². The smallest absolute Gasteiger partial charge is 0.135 e. The molecule has 8 aromatic carbocycles. The van der Waals surface area contributed by atoms with E-state index in [0.717, 1.165) is 80.3 Å². The molecule has 2 saturated heterocycles. The van der Waals surface area contributed by atoms with Crippen molar-refractivity contribution in [1.82, 2.24) is 0 Å². The lowest BCUT2D eigenvalue weighted by atomic mass is 9.66. The van der Waals surface area contributed by atoms with Gasteiger partial charge in [0, 0.05) is 22.3 Å².